The number of hydrogen-bond acceptors (Lipinski definition) is 6. The molecule has 2 rings (SSSR count). The minimum atomic E-state index is -0.572. The van der Waals surface area contributed by atoms with Crippen LogP contribution in [0.25, 0.3) is 11.5 Å². The largest absolute Gasteiger partial charge is 0.381 e. The van der Waals surface area contributed by atoms with Crippen LogP contribution in [0.3, 0.4) is 0 Å². The maximum Gasteiger partial charge on any atom is 0.318 e. The molecule has 0 bridgehead atoms. The molecule has 8 nitrogen and oxygen atoms in total. The summed E-state index contributed by atoms with van der Waals surface area (Å²) in [6.45, 7) is 0. The summed E-state index contributed by atoms with van der Waals surface area (Å²) in [5.41, 5.74) is 5.27. The van der Waals surface area contributed by atoms with Crippen molar-refractivity contribution in [1.29, 1.82) is 0 Å². The molecule has 0 fully saturated rings. The zero-order chi connectivity index (χ0) is 10.1. The van der Waals surface area contributed by atoms with Crippen LogP contribution in [0.2, 0.25) is 0 Å². The SMILES string of the molecule is Nc1cc(-c2[nH]ncc2[N+](=O)[O-])on1. The molecule has 0 amide bonds. The minimum Gasteiger partial charge on any atom is -0.381 e. The van der Waals surface area contributed by atoms with Crippen molar-refractivity contribution in [3.8, 4) is 11.5 Å². The Bertz CT molecular complexity index is 473. The number of hydrogen-bond donors (Lipinski definition) is 2. The standard InChI is InChI=1S/C6H5N5O3/c7-5-1-4(14-10-5)6-3(11(12)13)2-8-9-6/h1-2H,(H2,7,10)(H,8,9). The topological polar surface area (TPSA) is 124 Å². The average molecular weight is 195 g/mol. The summed E-state index contributed by atoms with van der Waals surface area (Å²) in [6.07, 6.45) is 1.09. The average Bonchev–Trinajstić information content (AvgIpc) is 2.70. The van der Waals surface area contributed by atoms with E-state index in [1.54, 1.807) is 0 Å². The second kappa shape index (κ2) is 2.83. The predicted octanol–water partition coefficient (Wildman–Crippen LogP) is 0.555. The number of anilines is 1. The van der Waals surface area contributed by atoms with Gasteiger partial charge in [0.2, 0.25) is 0 Å². The first-order chi connectivity index (χ1) is 6.68. The zero-order valence-electron chi connectivity index (χ0n) is 6.80. The lowest BCUT2D eigenvalue weighted by atomic mass is 10.3. The fourth-order valence-corrected chi connectivity index (χ4v) is 1.01. The van der Waals surface area contributed by atoms with Crippen LogP contribution < -0.4 is 5.73 Å². The number of aromatic amines is 1. The highest BCUT2D eigenvalue weighted by atomic mass is 16.6. The maximum absolute atomic E-state index is 10.5. The van der Waals surface area contributed by atoms with Crippen molar-refractivity contribution in [3.05, 3.63) is 22.4 Å². The number of nitro groups is 1. The van der Waals surface area contributed by atoms with Crippen LogP contribution in [-0.2, 0) is 0 Å². The molecule has 0 aromatic carbocycles. The van der Waals surface area contributed by atoms with E-state index in [0.717, 1.165) is 6.20 Å². The summed E-state index contributed by atoms with van der Waals surface area (Å²) >= 11 is 0. The van der Waals surface area contributed by atoms with Gasteiger partial charge in [-0.1, -0.05) is 5.16 Å². The number of nitrogens with zero attached hydrogens (tertiary/aromatic N) is 3. The quantitative estimate of drug-likeness (QED) is 0.532. The molecule has 0 aliphatic rings. The highest BCUT2D eigenvalue weighted by Crippen LogP contribution is 2.27. The predicted molar refractivity (Wildman–Crippen MR) is 45.2 cm³/mol. The molecule has 0 atom stereocenters. The van der Waals surface area contributed by atoms with Crippen LogP contribution in [0, 0.1) is 10.1 Å². The second-order valence-corrected chi connectivity index (χ2v) is 2.50. The molecule has 2 heterocycles. The van der Waals surface area contributed by atoms with E-state index >= 15 is 0 Å². The number of rotatable bonds is 2. The van der Waals surface area contributed by atoms with Gasteiger partial charge in [0.1, 0.15) is 6.20 Å². The van der Waals surface area contributed by atoms with Crippen molar-refractivity contribution in [2.45, 2.75) is 0 Å². The smallest absolute Gasteiger partial charge is 0.318 e. The van der Waals surface area contributed by atoms with Crippen LogP contribution in [0.15, 0.2) is 16.8 Å². The van der Waals surface area contributed by atoms with E-state index in [2.05, 4.69) is 15.4 Å². The Hall–Kier alpha value is -2.38. The summed E-state index contributed by atoms with van der Waals surface area (Å²) < 4.78 is 4.75. The molecular formula is C6H5N5O3. The molecule has 0 unspecified atom stereocenters. The molecule has 8 heteroatoms. The summed E-state index contributed by atoms with van der Waals surface area (Å²) in [6, 6.07) is 1.38. The Morgan fingerprint density at radius 3 is 3.00 bits per heavy atom. The van der Waals surface area contributed by atoms with E-state index in [4.69, 9.17) is 10.3 Å². The molecule has 2 aromatic heterocycles. The van der Waals surface area contributed by atoms with Crippen molar-refractivity contribution >= 4 is 11.5 Å². The van der Waals surface area contributed by atoms with Gasteiger partial charge in [-0.3, -0.25) is 15.2 Å². The lowest BCUT2D eigenvalue weighted by molar-refractivity contribution is -0.384. The molecule has 0 radical (unpaired) electrons. The zero-order valence-corrected chi connectivity index (χ0v) is 6.80. The normalized spacial score (nSPS) is 10.3. The summed E-state index contributed by atoms with van der Waals surface area (Å²) in [7, 11) is 0. The van der Waals surface area contributed by atoms with Gasteiger partial charge in [-0.2, -0.15) is 5.10 Å². The Balaban J connectivity index is 2.51. The van der Waals surface area contributed by atoms with Crippen molar-refractivity contribution in [3.63, 3.8) is 0 Å². The van der Waals surface area contributed by atoms with Crippen LogP contribution >= 0.6 is 0 Å². The third-order valence-corrected chi connectivity index (χ3v) is 1.59. The summed E-state index contributed by atoms with van der Waals surface area (Å²) in [4.78, 5) is 9.94. The minimum absolute atomic E-state index is 0.152. The van der Waals surface area contributed by atoms with Crippen LogP contribution in [0.4, 0.5) is 11.5 Å². The fraction of sp³-hybridized carbons (Fsp3) is 0. The third kappa shape index (κ3) is 1.18. The van der Waals surface area contributed by atoms with Gasteiger partial charge in [0.15, 0.2) is 17.3 Å². The first-order valence-corrected chi connectivity index (χ1v) is 3.59. The molecule has 3 N–H and O–H groups in total. The van der Waals surface area contributed by atoms with Crippen molar-refractivity contribution < 1.29 is 9.45 Å². The molecule has 0 spiro atoms. The molecule has 14 heavy (non-hydrogen) atoms. The Morgan fingerprint density at radius 2 is 2.43 bits per heavy atom. The first kappa shape index (κ1) is 8.23. The van der Waals surface area contributed by atoms with Crippen molar-refractivity contribution in [2.24, 2.45) is 0 Å². The molecule has 2 aromatic rings. The lowest BCUT2D eigenvalue weighted by Crippen LogP contribution is -1.88. The van der Waals surface area contributed by atoms with E-state index in [0.29, 0.717) is 0 Å². The summed E-state index contributed by atoms with van der Waals surface area (Å²) in [5, 5.41) is 19.9. The lowest BCUT2D eigenvalue weighted by Gasteiger charge is -1.88. The molecule has 0 saturated carbocycles. The van der Waals surface area contributed by atoms with E-state index in [1.165, 1.54) is 6.07 Å². The Labute approximate surface area is 76.8 Å². The van der Waals surface area contributed by atoms with Gasteiger partial charge in [0, 0.05) is 6.07 Å². The van der Waals surface area contributed by atoms with Gasteiger partial charge in [0.05, 0.1) is 4.92 Å². The molecule has 0 aliphatic carbocycles. The van der Waals surface area contributed by atoms with Gasteiger partial charge in [-0.25, -0.2) is 0 Å². The number of nitrogens with two attached hydrogens (primary N) is 1. The number of H-pyrrole nitrogens is 1. The highest BCUT2D eigenvalue weighted by Gasteiger charge is 2.20. The third-order valence-electron chi connectivity index (χ3n) is 1.59. The second-order valence-electron chi connectivity index (χ2n) is 2.50. The van der Waals surface area contributed by atoms with Crippen LogP contribution in [0.1, 0.15) is 0 Å². The maximum atomic E-state index is 10.5. The molecule has 0 saturated heterocycles. The van der Waals surface area contributed by atoms with Gasteiger partial charge in [0.25, 0.3) is 0 Å². The van der Waals surface area contributed by atoms with Crippen molar-refractivity contribution in [2.75, 3.05) is 5.73 Å². The van der Waals surface area contributed by atoms with E-state index in [9.17, 15) is 10.1 Å². The van der Waals surface area contributed by atoms with Gasteiger partial charge in [-0.05, 0) is 0 Å². The Kier molecular flexibility index (Phi) is 1.67. The van der Waals surface area contributed by atoms with Crippen LogP contribution in [0.5, 0.6) is 0 Å². The fourth-order valence-electron chi connectivity index (χ4n) is 1.01. The molecule has 72 valence electrons. The number of nitrogens with one attached hydrogen (secondary N) is 1. The number of aromatic nitrogens is 3. The van der Waals surface area contributed by atoms with Gasteiger partial charge in [-0.15, -0.1) is 0 Å². The van der Waals surface area contributed by atoms with Gasteiger partial charge >= 0.3 is 5.69 Å². The number of nitrogen functional groups attached to an aromatic ring is 1. The molecular weight excluding hydrogens is 190 g/mol. The van der Waals surface area contributed by atoms with E-state index in [1.807, 2.05) is 0 Å². The first-order valence-electron chi connectivity index (χ1n) is 3.59. The van der Waals surface area contributed by atoms with Gasteiger partial charge < -0.3 is 10.3 Å². The monoisotopic (exact) mass is 195 g/mol. The van der Waals surface area contributed by atoms with E-state index in [-0.39, 0.29) is 23.0 Å². The summed E-state index contributed by atoms with van der Waals surface area (Å²) in [5.74, 6) is 0.343. The molecule has 0 aliphatic heterocycles. The van der Waals surface area contributed by atoms with Crippen LogP contribution in [-0.4, -0.2) is 20.3 Å². The van der Waals surface area contributed by atoms with E-state index < -0.39 is 4.92 Å². The van der Waals surface area contributed by atoms with Crippen molar-refractivity contribution in [1.82, 2.24) is 15.4 Å². The highest BCUT2D eigenvalue weighted by molar-refractivity contribution is 5.65. The Morgan fingerprint density at radius 1 is 1.64 bits per heavy atom.